The minimum Gasteiger partial charge on any atom is -0.397 e. The van der Waals surface area contributed by atoms with Gasteiger partial charge in [0, 0.05) is 14.7 Å². The number of rotatable bonds is 3. The minimum atomic E-state index is -0.263. The zero-order valence-corrected chi connectivity index (χ0v) is 12.3. The number of thiophene rings is 1. The number of hydrogen-bond acceptors (Lipinski definition) is 4. The number of hydrogen-bond donors (Lipinski definition) is 2. The zero-order valence-electron chi connectivity index (χ0n) is 9.11. The first-order valence-electron chi connectivity index (χ1n) is 4.98. The molecule has 18 heavy (non-hydrogen) atoms. The molecule has 94 valence electrons. The van der Waals surface area contributed by atoms with Crippen LogP contribution in [0.3, 0.4) is 0 Å². The number of amides is 1. The number of nitrogens with zero attached hydrogens (tertiary/aromatic N) is 1. The van der Waals surface area contributed by atoms with Gasteiger partial charge in [-0.3, -0.25) is 4.79 Å². The van der Waals surface area contributed by atoms with Crippen LogP contribution in [0.1, 0.15) is 15.2 Å². The van der Waals surface area contributed by atoms with Crippen molar-refractivity contribution < 1.29 is 4.79 Å². The predicted molar refractivity (Wildman–Crippen MR) is 76.8 cm³/mol. The van der Waals surface area contributed by atoms with E-state index in [1.807, 2.05) is 11.4 Å². The van der Waals surface area contributed by atoms with Crippen molar-refractivity contribution in [2.45, 2.75) is 6.54 Å². The number of nitrogens with one attached hydrogen (secondary N) is 1. The van der Waals surface area contributed by atoms with E-state index in [0.717, 1.165) is 9.35 Å². The molecule has 0 unspecified atom stereocenters. The monoisotopic (exact) mass is 345 g/mol. The van der Waals surface area contributed by atoms with E-state index in [1.54, 1.807) is 11.3 Å². The maximum Gasteiger partial charge on any atom is 0.253 e. The lowest BCUT2D eigenvalue weighted by molar-refractivity contribution is 0.0952. The Kier molecular flexibility index (Phi) is 4.21. The van der Waals surface area contributed by atoms with E-state index in [1.165, 1.54) is 12.3 Å². The fourth-order valence-electron chi connectivity index (χ4n) is 1.35. The highest BCUT2D eigenvalue weighted by molar-refractivity contribution is 9.10. The molecule has 0 aliphatic rings. The van der Waals surface area contributed by atoms with Gasteiger partial charge in [0.05, 0.1) is 24.0 Å². The maximum absolute atomic E-state index is 11.9. The summed E-state index contributed by atoms with van der Waals surface area (Å²) in [4.78, 5) is 16.8. The molecular formula is C11H9BrClN3OS. The standard InChI is InChI=1S/C11H9BrClN3OS/c12-6-1-7(18-5-6)3-16-11(17)8-2-10(13)15-4-9(8)14/h1-2,4-5H,3,14H2,(H,16,17). The number of nitrogen functional groups attached to an aromatic ring is 1. The number of pyridine rings is 1. The van der Waals surface area contributed by atoms with Crippen molar-refractivity contribution in [3.8, 4) is 0 Å². The molecule has 0 fully saturated rings. The fraction of sp³-hybridized carbons (Fsp3) is 0.0909. The third-order valence-electron chi connectivity index (χ3n) is 2.19. The van der Waals surface area contributed by atoms with Crippen LogP contribution in [0.15, 0.2) is 28.2 Å². The molecule has 2 aromatic heterocycles. The lowest BCUT2D eigenvalue weighted by atomic mass is 10.2. The van der Waals surface area contributed by atoms with Gasteiger partial charge in [-0.2, -0.15) is 0 Å². The summed E-state index contributed by atoms with van der Waals surface area (Å²) in [6.07, 6.45) is 1.37. The number of halogens is 2. The summed E-state index contributed by atoms with van der Waals surface area (Å²) in [6, 6.07) is 3.41. The Balaban J connectivity index is 2.05. The molecule has 1 amide bonds. The highest BCUT2D eigenvalue weighted by atomic mass is 79.9. The molecule has 2 heterocycles. The average Bonchev–Trinajstić information content (AvgIpc) is 2.75. The van der Waals surface area contributed by atoms with Crippen LogP contribution < -0.4 is 11.1 Å². The van der Waals surface area contributed by atoms with Gasteiger partial charge in [0.15, 0.2) is 0 Å². The normalized spacial score (nSPS) is 10.3. The van der Waals surface area contributed by atoms with Crippen LogP contribution in [-0.4, -0.2) is 10.9 Å². The average molecular weight is 347 g/mol. The summed E-state index contributed by atoms with van der Waals surface area (Å²) in [5.41, 5.74) is 6.32. The molecule has 7 heteroatoms. The summed E-state index contributed by atoms with van der Waals surface area (Å²) in [6.45, 7) is 0.453. The van der Waals surface area contributed by atoms with Crippen LogP contribution >= 0.6 is 38.9 Å². The highest BCUT2D eigenvalue weighted by Gasteiger charge is 2.11. The second-order valence-electron chi connectivity index (χ2n) is 3.51. The minimum absolute atomic E-state index is 0.244. The molecule has 0 bridgehead atoms. The molecule has 0 radical (unpaired) electrons. The molecule has 0 aliphatic heterocycles. The Morgan fingerprint density at radius 2 is 2.33 bits per heavy atom. The van der Waals surface area contributed by atoms with Crippen molar-refractivity contribution in [3.05, 3.63) is 43.8 Å². The first-order chi connectivity index (χ1) is 8.56. The van der Waals surface area contributed by atoms with E-state index in [4.69, 9.17) is 17.3 Å². The van der Waals surface area contributed by atoms with E-state index < -0.39 is 0 Å². The van der Waals surface area contributed by atoms with Gasteiger partial charge in [-0.1, -0.05) is 11.6 Å². The number of anilines is 1. The van der Waals surface area contributed by atoms with Crippen LogP contribution in [0.5, 0.6) is 0 Å². The second kappa shape index (κ2) is 5.69. The Labute approximate surface area is 121 Å². The van der Waals surface area contributed by atoms with Crippen molar-refractivity contribution in [3.63, 3.8) is 0 Å². The summed E-state index contributed by atoms with van der Waals surface area (Å²) in [5.74, 6) is -0.263. The summed E-state index contributed by atoms with van der Waals surface area (Å²) in [5, 5.41) is 4.98. The molecule has 0 atom stereocenters. The number of carbonyl (C=O) groups is 1. The first-order valence-corrected chi connectivity index (χ1v) is 7.03. The van der Waals surface area contributed by atoms with Gasteiger partial charge >= 0.3 is 0 Å². The number of aromatic nitrogens is 1. The van der Waals surface area contributed by atoms with Crippen molar-refractivity contribution in [2.24, 2.45) is 0 Å². The molecule has 0 spiro atoms. The Morgan fingerprint density at radius 3 is 3.00 bits per heavy atom. The molecule has 0 aromatic carbocycles. The van der Waals surface area contributed by atoms with E-state index in [-0.39, 0.29) is 11.1 Å². The topological polar surface area (TPSA) is 68.0 Å². The van der Waals surface area contributed by atoms with Gasteiger partial charge in [0.2, 0.25) is 0 Å². The van der Waals surface area contributed by atoms with Crippen LogP contribution in [0.4, 0.5) is 5.69 Å². The van der Waals surface area contributed by atoms with Crippen LogP contribution in [0.2, 0.25) is 5.15 Å². The summed E-state index contributed by atoms with van der Waals surface area (Å²) in [7, 11) is 0. The van der Waals surface area contributed by atoms with E-state index >= 15 is 0 Å². The van der Waals surface area contributed by atoms with Crippen LogP contribution in [-0.2, 0) is 6.54 Å². The lowest BCUT2D eigenvalue weighted by Crippen LogP contribution is -2.23. The van der Waals surface area contributed by atoms with Gasteiger partial charge in [-0.05, 0) is 28.1 Å². The molecule has 0 saturated carbocycles. The Hall–Kier alpha value is -1.11. The quantitative estimate of drug-likeness (QED) is 0.839. The number of nitrogens with two attached hydrogens (primary N) is 1. The third-order valence-corrected chi connectivity index (χ3v) is 4.10. The largest absolute Gasteiger partial charge is 0.397 e. The summed E-state index contributed by atoms with van der Waals surface area (Å²) >= 11 is 10.7. The van der Waals surface area contributed by atoms with Crippen molar-refractivity contribution in [1.29, 1.82) is 0 Å². The molecule has 2 rings (SSSR count). The van der Waals surface area contributed by atoms with E-state index in [2.05, 4.69) is 26.2 Å². The first kappa shape index (κ1) is 13.3. The summed E-state index contributed by atoms with van der Waals surface area (Å²) < 4.78 is 1.00. The molecule has 2 aromatic rings. The smallest absolute Gasteiger partial charge is 0.253 e. The number of carbonyl (C=O) groups excluding carboxylic acids is 1. The van der Waals surface area contributed by atoms with Gasteiger partial charge in [-0.15, -0.1) is 11.3 Å². The second-order valence-corrected chi connectivity index (χ2v) is 5.81. The maximum atomic E-state index is 11.9. The zero-order chi connectivity index (χ0) is 13.1. The lowest BCUT2D eigenvalue weighted by Gasteiger charge is -2.06. The van der Waals surface area contributed by atoms with Crippen molar-refractivity contribution >= 4 is 50.5 Å². The fourth-order valence-corrected chi connectivity index (χ4v) is 2.89. The molecular weight excluding hydrogens is 338 g/mol. The molecule has 4 nitrogen and oxygen atoms in total. The Morgan fingerprint density at radius 1 is 1.56 bits per heavy atom. The molecule has 3 N–H and O–H groups in total. The van der Waals surface area contributed by atoms with E-state index in [9.17, 15) is 4.79 Å². The van der Waals surface area contributed by atoms with Gasteiger partial charge < -0.3 is 11.1 Å². The van der Waals surface area contributed by atoms with Crippen molar-refractivity contribution in [2.75, 3.05) is 5.73 Å². The molecule has 0 aliphatic carbocycles. The predicted octanol–water partition coefficient (Wildman–Crippen LogP) is 3.07. The third kappa shape index (κ3) is 3.22. The van der Waals surface area contributed by atoms with Gasteiger partial charge in [-0.25, -0.2) is 4.98 Å². The van der Waals surface area contributed by atoms with Crippen LogP contribution in [0.25, 0.3) is 0 Å². The van der Waals surface area contributed by atoms with E-state index in [0.29, 0.717) is 17.8 Å². The van der Waals surface area contributed by atoms with Gasteiger partial charge in [0.25, 0.3) is 5.91 Å². The SMILES string of the molecule is Nc1cnc(Cl)cc1C(=O)NCc1cc(Br)cs1. The molecule has 0 saturated heterocycles. The van der Waals surface area contributed by atoms with Gasteiger partial charge in [0.1, 0.15) is 5.15 Å². The highest BCUT2D eigenvalue weighted by Crippen LogP contribution is 2.20. The Bertz CT molecular complexity index is 587. The van der Waals surface area contributed by atoms with Crippen LogP contribution in [0, 0.1) is 0 Å². The van der Waals surface area contributed by atoms with Crippen molar-refractivity contribution in [1.82, 2.24) is 10.3 Å².